The van der Waals surface area contributed by atoms with Crippen LogP contribution >= 0.6 is 0 Å². The largest absolute Gasteiger partial charge is 0.469 e. The van der Waals surface area contributed by atoms with E-state index in [0.717, 1.165) is 43.2 Å². The van der Waals surface area contributed by atoms with E-state index < -0.39 is 0 Å². The maximum Gasteiger partial charge on any atom is 0.305 e. The number of aromatic nitrogens is 1. The highest BCUT2D eigenvalue weighted by atomic mass is 16.5. The summed E-state index contributed by atoms with van der Waals surface area (Å²) in [6.07, 6.45) is 3.26. The highest BCUT2D eigenvalue weighted by Gasteiger charge is 2.08. The Balaban J connectivity index is 2.18. The van der Waals surface area contributed by atoms with Crippen molar-refractivity contribution >= 4 is 11.9 Å². The molecule has 0 fully saturated rings. The topological polar surface area (TPSA) is 88.8 Å². The molecule has 0 unspecified atom stereocenters. The Morgan fingerprint density at radius 2 is 2.13 bits per heavy atom. The molecule has 0 aromatic carbocycles. The van der Waals surface area contributed by atoms with Gasteiger partial charge in [-0.2, -0.15) is 0 Å². The molecule has 130 valence electrons. The number of carbonyl (C=O) groups is 1. The van der Waals surface area contributed by atoms with Gasteiger partial charge >= 0.3 is 5.97 Å². The number of ether oxygens (including phenoxy) is 1. The quantitative estimate of drug-likeness (QED) is 0.313. The molecule has 1 heterocycles. The molecule has 0 atom stereocenters. The minimum atomic E-state index is -0.150. The molecule has 0 radical (unpaired) electrons. The molecule has 0 bridgehead atoms. The Labute approximate surface area is 137 Å². The van der Waals surface area contributed by atoms with Crippen molar-refractivity contribution in [2.75, 3.05) is 20.7 Å². The van der Waals surface area contributed by atoms with E-state index >= 15 is 0 Å². The highest BCUT2D eigenvalue weighted by Crippen LogP contribution is 2.13. The van der Waals surface area contributed by atoms with Gasteiger partial charge < -0.3 is 19.9 Å². The molecule has 2 N–H and O–H groups in total. The van der Waals surface area contributed by atoms with E-state index in [1.807, 2.05) is 6.07 Å². The highest BCUT2D eigenvalue weighted by molar-refractivity contribution is 5.79. The second kappa shape index (κ2) is 10.6. The molecule has 7 heteroatoms. The Hall–Kier alpha value is -2.05. The average molecular weight is 324 g/mol. The average Bonchev–Trinajstić information content (AvgIpc) is 3.02. The van der Waals surface area contributed by atoms with E-state index in [1.54, 1.807) is 7.05 Å². The Bertz CT molecular complexity index is 497. The van der Waals surface area contributed by atoms with Crippen molar-refractivity contribution in [1.82, 2.24) is 15.8 Å². The van der Waals surface area contributed by atoms with Crippen molar-refractivity contribution in [2.24, 2.45) is 4.99 Å². The van der Waals surface area contributed by atoms with Gasteiger partial charge in [0.2, 0.25) is 0 Å². The van der Waals surface area contributed by atoms with Crippen molar-refractivity contribution in [3.05, 3.63) is 17.5 Å². The third kappa shape index (κ3) is 7.67. The number of rotatable bonds is 9. The van der Waals surface area contributed by atoms with E-state index in [1.165, 1.54) is 7.11 Å². The van der Waals surface area contributed by atoms with Gasteiger partial charge in [0.05, 0.1) is 19.3 Å². The SMILES string of the molecule is CN=C(NCCCCCC(=O)OC)NCc1cc(C(C)C)no1. The number of aliphatic imine (C=N–C) groups is 1. The fraction of sp³-hybridized carbons (Fsp3) is 0.688. The van der Waals surface area contributed by atoms with E-state index in [-0.39, 0.29) is 5.97 Å². The first-order valence-electron chi connectivity index (χ1n) is 8.03. The number of hydrogen-bond acceptors (Lipinski definition) is 5. The minimum absolute atomic E-state index is 0.150. The number of hydrogen-bond donors (Lipinski definition) is 2. The third-order valence-electron chi connectivity index (χ3n) is 3.40. The number of carbonyl (C=O) groups excluding carboxylic acids is 1. The van der Waals surface area contributed by atoms with Crippen molar-refractivity contribution in [3.8, 4) is 0 Å². The first-order chi connectivity index (χ1) is 11.1. The van der Waals surface area contributed by atoms with Gasteiger partial charge in [0.15, 0.2) is 11.7 Å². The van der Waals surface area contributed by atoms with Crippen LogP contribution in [0.15, 0.2) is 15.6 Å². The van der Waals surface area contributed by atoms with E-state index in [9.17, 15) is 4.79 Å². The molecule has 0 amide bonds. The smallest absolute Gasteiger partial charge is 0.305 e. The Morgan fingerprint density at radius 1 is 1.35 bits per heavy atom. The number of esters is 1. The van der Waals surface area contributed by atoms with Gasteiger partial charge in [0.1, 0.15) is 0 Å². The Morgan fingerprint density at radius 3 is 2.74 bits per heavy atom. The van der Waals surface area contributed by atoms with E-state index in [2.05, 4.69) is 39.4 Å². The molecule has 0 aliphatic heterocycles. The van der Waals surface area contributed by atoms with E-state index in [0.29, 0.717) is 18.9 Å². The van der Waals surface area contributed by atoms with Crippen LogP contribution in [-0.2, 0) is 16.1 Å². The zero-order valence-electron chi connectivity index (χ0n) is 14.5. The van der Waals surface area contributed by atoms with Crippen LogP contribution < -0.4 is 10.6 Å². The second-order valence-electron chi connectivity index (χ2n) is 5.61. The second-order valence-corrected chi connectivity index (χ2v) is 5.61. The number of guanidine groups is 1. The summed E-state index contributed by atoms with van der Waals surface area (Å²) >= 11 is 0. The van der Waals surface area contributed by atoms with Crippen LogP contribution in [-0.4, -0.2) is 37.8 Å². The number of methoxy groups -OCH3 is 1. The summed E-state index contributed by atoms with van der Waals surface area (Å²) in [4.78, 5) is 15.1. The standard InChI is InChI=1S/C16H28N4O3/c1-12(2)14-10-13(23-20-14)11-19-16(17-3)18-9-7-5-6-8-15(21)22-4/h10,12H,5-9,11H2,1-4H3,(H2,17,18,19). The molecular formula is C16H28N4O3. The van der Waals surface area contributed by atoms with Gasteiger partial charge in [-0.05, 0) is 18.8 Å². The molecule has 1 aromatic heterocycles. The summed E-state index contributed by atoms with van der Waals surface area (Å²) in [6.45, 7) is 5.50. The Kier molecular flexibility index (Phi) is 8.79. The van der Waals surface area contributed by atoms with Gasteiger partial charge in [0.25, 0.3) is 0 Å². The first-order valence-corrected chi connectivity index (χ1v) is 8.03. The molecule has 0 saturated heterocycles. The molecule has 7 nitrogen and oxygen atoms in total. The summed E-state index contributed by atoms with van der Waals surface area (Å²) in [5.41, 5.74) is 0.954. The maximum atomic E-state index is 11.0. The molecule has 1 aromatic rings. The minimum Gasteiger partial charge on any atom is -0.469 e. The summed E-state index contributed by atoms with van der Waals surface area (Å²) in [5.74, 6) is 1.72. The monoisotopic (exact) mass is 324 g/mol. The predicted molar refractivity (Wildman–Crippen MR) is 89.3 cm³/mol. The summed E-state index contributed by atoms with van der Waals surface area (Å²) in [7, 11) is 3.14. The molecular weight excluding hydrogens is 296 g/mol. The van der Waals surface area contributed by atoms with Crippen LogP contribution in [0.5, 0.6) is 0 Å². The lowest BCUT2D eigenvalue weighted by molar-refractivity contribution is -0.140. The summed E-state index contributed by atoms with van der Waals surface area (Å²) < 4.78 is 9.88. The van der Waals surface area contributed by atoms with Gasteiger partial charge in [-0.1, -0.05) is 25.4 Å². The van der Waals surface area contributed by atoms with Crippen molar-refractivity contribution in [1.29, 1.82) is 0 Å². The van der Waals surface area contributed by atoms with Crippen LogP contribution in [0.4, 0.5) is 0 Å². The van der Waals surface area contributed by atoms with Gasteiger partial charge in [-0.25, -0.2) is 0 Å². The first kappa shape index (κ1) is 19.0. The van der Waals surface area contributed by atoms with Crippen LogP contribution in [0, 0.1) is 0 Å². The number of nitrogens with one attached hydrogen (secondary N) is 2. The zero-order chi connectivity index (χ0) is 17.1. The van der Waals surface area contributed by atoms with Crippen LogP contribution in [0.3, 0.4) is 0 Å². The molecule has 0 spiro atoms. The van der Waals surface area contributed by atoms with Gasteiger partial charge in [-0.15, -0.1) is 0 Å². The molecule has 0 aliphatic rings. The zero-order valence-corrected chi connectivity index (χ0v) is 14.5. The van der Waals surface area contributed by atoms with Crippen molar-refractivity contribution < 1.29 is 14.1 Å². The molecule has 23 heavy (non-hydrogen) atoms. The number of unbranched alkanes of at least 4 members (excludes halogenated alkanes) is 2. The van der Waals surface area contributed by atoms with E-state index in [4.69, 9.17) is 4.52 Å². The lowest BCUT2D eigenvalue weighted by Crippen LogP contribution is -2.37. The molecule has 1 rings (SSSR count). The fourth-order valence-corrected chi connectivity index (χ4v) is 1.96. The normalized spacial score (nSPS) is 11.6. The number of nitrogens with zero attached hydrogens (tertiary/aromatic N) is 2. The van der Waals surface area contributed by atoms with Crippen LogP contribution in [0.1, 0.15) is 56.9 Å². The fourth-order valence-electron chi connectivity index (χ4n) is 1.96. The third-order valence-corrected chi connectivity index (χ3v) is 3.40. The van der Waals surface area contributed by atoms with Crippen LogP contribution in [0.25, 0.3) is 0 Å². The molecule has 0 saturated carbocycles. The summed E-state index contributed by atoms with van der Waals surface area (Å²) in [5, 5.41) is 10.4. The van der Waals surface area contributed by atoms with Crippen LogP contribution in [0.2, 0.25) is 0 Å². The predicted octanol–water partition coefficient (Wildman–Crippen LogP) is 2.20. The lowest BCUT2D eigenvalue weighted by Gasteiger charge is -2.10. The molecule has 0 aliphatic carbocycles. The lowest BCUT2D eigenvalue weighted by atomic mass is 10.1. The van der Waals surface area contributed by atoms with Crippen molar-refractivity contribution in [2.45, 2.75) is 52.0 Å². The van der Waals surface area contributed by atoms with Crippen molar-refractivity contribution in [3.63, 3.8) is 0 Å². The maximum absolute atomic E-state index is 11.0. The van der Waals surface area contributed by atoms with Gasteiger partial charge in [-0.3, -0.25) is 9.79 Å². The summed E-state index contributed by atoms with van der Waals surface area (Å²) in [6, 6.07) is 1.96. The van der Waals surface area contributed by atoms with Gasteiger partial charge in [0, 0.05) is 26.1 Å².